The number of para-hydroxylation sites is 3. The monoisotopic (exact) mass is 378 g/mol. The zero-order valence-corrected chi connectivity index (χ0v) is 15.3. The lowest BCUT2D eigenvalue weighted by molar-refractivity contribution is 0.420. The van der Waals surface area contributed by atoms with Crippen LogP contribution < -0.4 is 0 Å². The molecule has 1 aromatic heterocycles. The Kier molecular flexibility index (Phi) is 4.69. The number of H-pyrrole nitrogens is 1. The molecular formula is C19H14N4OS2. The highest BCUT2D eigenvalue weighted by Crippen LogP contribution is 2.35. The molecule has 0 amide bonds. The number of aliphatic hydroxyl groups excluding tert-OH is 1. The molecule has 0 spiro atoms. The number of allylic oxidation sites excluding steroid dienone is 1. The molecule has 7 heteroatoms. The van der Waals surface area contributed by atoms with Crippen molar-refractivity contribution in [3.8, 4) is 6.07 Å². The van der Waals surface area contributed by atoms with E-state index in [4.69, 9.17) is 0 Å². The number of hydrogen-bond donors (Lipinski definition) is 2. The minimum Gasteiger partial charge on any atom is -0.510 e. The van der Waals surface area contributed by atoms with Gasteiger partial charge in [0.25, 0.3) is 0 Å². The molecule has 0 radical (unpaired) electrons. The van der Waals surface area contributed by atoms with E-state index < -0.39 is 0 Å². The standard InChI is InChI=1S/C19H14N4OS2/c20-9-13(18-21-15-7-3-4-8-16(15)22-18)17(24)11-26-19-23-14-6-2-1-5-12(14)10-25-19/h1-8,24H,10-11H2,(H,21,22)/b17-13-. The van der Waals surface area contributed by atoms with Gasteiger partial charge < -0.3 is 10.1 Å². The second kappa shape index (κ2) is 7.28. The zero-order chi connectivity index (χ0) is 17.9. The summed E-state index contributed by atoms with van der Waals surface area (Å²) in [6, 6.07) is 17.6. The van der Waals surface area contributed by atoms with E-state index in [-0.39, 0.29) is 17.1 Å². The van der Waals surface area contributed by atoms with Crippen molar-refractivity contribution >= 4 is 50.2 Å². The quantitative estimate of drug-likeness (QED) is 0.493. The first-order valence-corrected chi connectivity index (χ1v) is 9.91. The van der Waals surface area contributed by atoms with Crippen LogP contribution in [0.2, 0.25) is 0 Å². The number of aromatic amines is 1. The number of benzene rings is 2. The summed E-state index contributed by atoms with van der Waals surface area (Å²) in [7, 11) is 0. The van der Waals surface area contributed by atoms with Gasteiger partial charge in [0, 0.05) is 5.75 Å². The van der Waals surface area contributed by atoms with Crippen LogP contribution in [0, 0.1) is 11.3 Å². The molecule has 1 aliphatic rings. The van der Waals surface area contributed by atoms with Gasteiger partial charge in [-0.05, 0) is 23.8 Å². The highest BCUT2D eigenvalue weighted by Gasteiger charge is 2.16. The summed E-state index contributed by atoms with van der Waals surface area (Å²) in [6.45, 7) is 0. The normalized spacial score (nSPS) is 14.3. The molecule has 2 heterocycles. The van der Waals surface area contributed by atoms with Crippen LogP contribution in [-0.2, 0) is 5.75 Å². The number of nitriles is 1. The maximum Gasteiger partial charge on any atom is 0.152 e. The zero-order valence-electron chi connectivity index (χ0n) is 13.6. The van der Waals surface area contributed by atoms with Crippen LogP contribution >= 0.6 is 23.5 Å². The lowest BCUT2D eigenvalue weighted by Gasteiger charge is -2.14. The van der Waals surface area contributed by atoms with Gasteiger partial charge >= 0.3 is 0 Å². The van der Waals surface area contributed by atoms with Gasteiger partial charge in [-0.25, -0.2) is 9.98 Å². The second-order valence-electron chi connectivity index (χ2n) is 5.62. The van der Waals surface area contributed by atoms with Gasteiger partial charge in [0.2, 0.25) is 0 Å². The molecule has 128 valence electrons. The molecule has 0 aliphatic carbocycles. The van der Waals surface area contributed by atoms with E-state index in [9.17, 15) is 10.4 Å². The van der Waals surface area contributed by atoms with Crippen LogP contribution in [0.5, 0.6) is 0 Å². The van der Waals surface area contributed by atoms with Crippen molar-refractivity contribution < 1.29 is 5.11 Å². The third-order valence-electron chi connectivity index (χ3n) is 3.91. The van der Waals surface area contributed by atoms with Crippen LogP contribution in [0.3, 0.4) is 0 Å². The molecule has 5 nitrogen and oxygen atoms in total. The Balaban J connectivity index is 1.55. The molecule has 0 atom stereocenters. The van der Waals surface area contributed by atoms with Crippen LogP contribution in [0.25, 0.3) is 16.6 Å². The largest absolute Gasteiger partial charge is 0.510 e. The molecule has 0 saturated carbocycles. The van der Waals surface area contributed by atoms with E-state index in [1.54, 1.807) is 11.8 Å². The first-order valence-electron chi connectivity index (χ1n) is 7.94. The third-order valence-corrected chi connectivity index (χ3v) is 6.17. The van der Waals surface area contributed by atoms with Gasteiger partial charge in [0.15, 0.2) is 5.82 Å². The number of nitrogens with one attached hydrogen (secondary N) is 1. The average molecular weight is 378 g/mol. The summed E-state index contributed by atoms with van der Waals surface area (Å²) in [5, 5.41) is 19.9. The number of aliphatic hydroxyl groups is 1. The maximum absolute atomic E-state index is 10.4. The van der Waals surface area contributed by atoms with Crippen LogP contribution in [0.1, 0.15) is 11.4 Å². The molecular weight excluding hydrogens is 364 g/mol. The van der Waals surface area contributed by atoms with E-state index in [0.717, 1.165) is 26.8 Å². The molecule has 0 bridgehead atoms. The fourth-order valence-corrected chi connectivity index (χ4v) is 4.55. The van der Waals surface area contributed by atoms with E-state index in [0.29, 0.717) is 5.82 Å². The smallest absolute Gasteiger partial charge is 0.152 e. The molecule has 0 unspecified atom stereocenters. The number of aliphatic imine (C=N–C) groups is 1. The van der Waals surface area contributed by atoms with Crippen molar-refractivity contribution in [3.63, 3.8) is 0 Å². The summed E-state index contributed by atoms with van der Waals surface area (Å²) in [5.41, 5.74) is 3.94. The molecule has 2 N–H and O–H groups in total. The Labute approximate surface area is 158 Å². The topological polar surface area (TPSA) is 85.1 Å². The summed E-state index contributed by atoms with van der Waals surface area (Å²) in [6.07, 6.45) is 0. The summed E-state index contributed by atoms with van der Waals surface area (Å²) in [5.74, 6) is 1.52. The SMILES string of the molecule is N#C/C(=C(/O)CSC1=Nc2ccccc2CS1)c1nc2ccccc2[nH]1. The molecule has 26 heavy (non-hydrogen) atoms. The molecule has 0 fully saturated rings. The number of thioether (sulfide) groups is 2. The van der Waals surface area contributed by atoms with Crippen LogP contribution in [0.4, 0.5) is 5.69 Å². The number of rotatable bonds is 3. The Morgan fingerprint density at radius 3 is 2.88 bits per heavy atom. The number of aromatic nitrogens is 2. The van der Waals surface area contributed by atoms with E-state index in [2.05, 4.69) is 27.1 Å². The Bertz CT molecular complexity index is 1050. The van der Waals surface area contributed by atoms with Gasteiger partial charge in [-0.2, -0.15) is 5.26 Å². The molecule has 2 aromatic carbocycles. The minimum atomic E-state index is -0.00119. The minimum absolute atomic E-state index is 0.00119. The highest BCUT2D eigenvalue weighted by molar-refractivity contribution is 8.38. The van der Waals surface area contributed by atoms with Crippen molar-refractivity contribution in [3.05, 3.63) is 65.7 Å². The first kappa shape index (κ1) is 16.8. The molecule has 0 saturated heterocycles. The van der Waals surface area contributed by atoms with Crippen molar-refractivity contribution in [1.29, 1.82) is 5.26 Å². The lowest BCUT2D eigenvalue weighted by atomic mass is 10.2. The van der Waals surface area contributed by atoms with Crippen molar-refractivity contribution in [1.82, 2.24) is 9.97 Å². The Morgan fingerprint density at radius 1 is 1.23 bits per heavy atom. The van der Waals surface area contributed by atoms with Crippen molar-refractivity contribution in [2.45, 2.75) is 5.75 Å². The summed E-state index contributed by atoms with van der Waals surface area (Å²) >= 11 is 3.07. The Morgan fingerprint density at radius 2 is 2.04 bits per heavy atom. The maximum atomic E-state index is 10.4. The highest BCUT2D eigenvalue weighted by atomic mass is 32.2. The molecule has 1 aliphatic heterocycles. The second-order valence-corrected chi connectivity index (χ2v) is 7.81. The lowest BCUT2D eigenvalue weighted by Crippen LogP contribution is -2.00. The van der Waals surface area contributed by atoms with Gasteiger partial charge in [0.1, 0.15) is 21.8 Å². The van der Waals surface area contributed by atoms with Gasteiger partial charge in [-0.1, -0.05) is 53.9 Å². The van der Waals surface area contributed by atoms with Gasteiger partial charge in [-0.3, -0.25) is 0 Å². The number of hydrogen-bond acceptors (Lipinski definition) is 6. The predicted octanol–water partition coefficient (Wildman–Crippen LogP) is 5.02. The van der Waals surface area contributed by atoms with Crippen LogP contribution in [0.15, 0.2) is 59.3 Å². The number of fused-ring (bicyclic) bond motifs is 2. The van der Waals surface area contributed by atoms with E-state index >= 15 is 0 Å². The summed E-state index contributed by atoms with van der Waals surface area (Å²) < 4.78 is 0.886. The van der Waals surface area contributed by atoms with Gasteiger partial charge in [-0.15, -0.1) is 0 Å². The number of imidazole rings is 1. The van der Waals surface area contributed by atoms with E-state index in [1.807, 2.05) is 42.5 Å². The van der Waals surface area contributed by atoms with Gasteiger partial charge in [0.05, 0.1) is 22.5 Å². The average Bonchev–Trinajstić information content (AvgIpc) is 3.10. The van der Waals surface area contributed by atoms with Crippen molar-refractivity contribution in [2.75, 3.05) is 5.75 Å². The molecule has 3 aromatic rings. The first-order chi connectivity index (χ1) is 12.7. The predicted molar refractivity (Wildman–Crippen MR) is 109 cm³/mol. The number of nitrogens with zero attached hydrogens (tertiary/aromatic N) is 3. The fourth-order valence-electron chi connectivity index (χ4n) is 2.61. The van der Waals surface area contributed by atoms with Crippen molar-refractivity contribution in [2.24, 2.45) is 4.99 Å². The van der Waals surface area contributed by atoms with E-state index in [1.165, 1.54) is 17.3 Å². The Hall–Kier alpha value is -2.69. The summed E-state index contributed by atoms with van der Waals surface area (Å²) in [4.78, 5) is 12.1. The third kappa shape index (κ3) is 3.34. The fraction of sp³-hybridized carbons (Fsp3) is 0.105. The van der Waals surface area contributed by atoms with Crippen LogP contribution in [-0.4, -0.2) is 25.2 Å². The molecule has 4 rings (SSSR count).